The third-order valence-electron chi connectivity index (χ3n) is 1.45. The third-order valence-corrected chi connectivity index (χ3v) is 2.07. The molecule has 0 aliphatic rings. The largest absolute Gasteiger partial charge is 0.350 e. The van der Waals surface area contributed by atoms with Gasteiger partial charge in [0.15, 0.2) is 5.82 Å². The van der Waals surface area contributed by atoms with E-state index < -0.39 is 0 Å². The quantitative estimate of drug-likeness (QED) is 0.731. The highest BCUT2D eigenvalue weighted by Gasteiger charge is 2.10. The zero-order chi connectivity index (χ0) is 9.10. The number of hydrogen-bond acceptors (Lipinski definition) is 7. The minimum absolute atomic E-state index is 0.0216. The van der Waals surface area contributed by atoms with Crippen LogP contribution in [0, 0.1) is 0 Å². The van der Waals surface area contributed by atoms with E-state index >= 15 is 0 Å². The van der Waals surface area contributed by atoms with Crippen LogP contribution in [0.2, 0.25) is 0 Å². The Kier molecular flexibility index (Phi) is 2.13. The lowest BCUT2D eigenvalue weighted by Crippen LogP contribution is -2.08. The van der Waals surface area contributed by atoms with Gasteiger partial charge in [-0.2, -0.15) is 5.21 Å². The van der Waals surface area contributed by atoms with Crippen LogP contribution in [-0.2, 0) is 0 Å². The van der Waals surface area contributed by atoms with Gasteiger partial charge in [-0.3, -0.25) is 0 Å². The van der Waals surface area contributed by atoms with E-state index in [1.54, 1.807) is 5.51 Å². The Morgan fingerprint density at radius 1 is 1.54 bits per heavy atom. The molecule has 2 aromatic heterocycles. The molecule has 2 aromatic rings. The van der Waals surface area contributed by atoms with E-state index in [1.165, 1.54) is 11.3 Å². The molecule has 0 amide bonds. The lowest BCUT2D eigenvalue weighted by atomic mass is 10.3. The number of H-pyrrole nitrogens is 1. The number of tetrazole rings is 1. The molecule has 2 N–H and O–H groups in total. The standard InChI is InChI=1S/C5H7N7S/c1-3(4-8-11-12-9-4)7-5-10-6-2-13-5/h2-3H,1H3,(H,7,10)(H,8,9,11,12). The lowest BCUT2D eigenvalue weighted by molar-refractivity contribution is 0.789. The summed E-state index contributed by atoms with van der Waals surface area (Å²) in [6.07, 6.45) is 0. The molecule has 0 saturated heterocycles. The fourth-order valence-electron chi connectivity index (χ4n) is 0.839. The first kappa shape index (κ1) is 8.05. The second-order valence-electron chi connectivity index (χ2n) is 2.38. The number of rotatable bonds is 3. The Bertz CT molecular complexity index is 341. The predicted molar refractivity (Wildman–Crippen MR) is 46.1 cm³/mol. The maximum Gasteiger partial charge on any atom is 0.205 e. The molecule has 7 nitrogen and oxygen atoms in total. The van der Waals surface area contributed by atoms with E-state index in [0.29, 0.717) is 5.82 Å². The van der Waals surface area contributed by atoms with Crippen LogP contribution < -0.4 is 5.32 Å². The van der Waals surface area contributed by atoms with Gasteiger partial charge in [0, 0.05) is 0 Å². The Morgan fingerprint density at radius 3 is 3.08 bits per heavy atom. The number of nitrogens with one attached hydrogen (secondary N) is 2. The average Bonchev–Trinajstić information content (AvgIpc) is 2.74. The summed E-state index contributed by atoms with van der Waals surface area (Å²) in [5, 5.41) is 24.9. The minimum atomic E-state index is -0.0216. The summed E-state index contributed by atoms with van der Waals surface area (Å²) in [7, 11) is 0. The fourth-order valence-corrected chi connectivity index (χ4v) is 1.37. The molecule has 0 radical (unpaired) electrons. The van der Waals surface area contributed by atoms with Crippen molar-refractivity contribution in [1.82, 2.24) is 30.8 Å². The summed E-state index contributed by atoms with van der Waals surface area (Å²) in [6, 6.07) is -0.0216. The molecular weight excluding hydrogens is 190 g/mol. The highest BCUT2D eigenvalue weighted by molar-refractivity contribution is 7.13. The van der Waals surface area contributed by atoms with Gasteiger partial charge >= 0.3 is 0 Å². The molecule has 0 fully saturated rings. The SMILES string of the molecule is CC(Nc1nncs1)c1nn[nH]n1. The van der Waals surface area contributed by atoms with Crippen molar-refractivity contribution in [2.24, 2.45) is 0 Å². The van der Waals surface area contributed by atoms with Crippen LogP contribution in [-0.4, -0.2) is 30.8 Å². The van der Waals surface area contributed by atoms with Gasteiger partial charge in [-0.1, -0.05) is 16.6 Å². The summed E-state index contributed by atoms with van der Waals surface area (Å²) in [6.45, 7) is 1.92. The van der Waals surface area contributed by atoms with Gasteiger partial charge in [0.1, 0.15) is 5.51 Å². The van der Waals surface area contributed by atoms with Crippen LogP contribution >= 0.6 is 11.3 Å². The number of anilines is 1. The van der Waals surface area contributed by atoms with Crippen LogP contribution in [0.5, 0.6) is 0 Å². The molecule has 13 heavy (non-hydrogen) atoms. The van der Waals surface area contributed by atoms with Crippen molar-refractivity contribution in [3.05, 3.63) is 11.3 Å². The predicted octanol–water partition coefficient (Wildman–Crippen LogP) is 0.224. The first-order valence-electron chi connectivity index (χ1n) is 3.62. The summed E-state index contributed by atoms with van der Waals surface area (Å²) in [5.41, 5.74) is 1.66. The zero-order valence-electron chi connectivity index (χ0n) is 6.80. The molecule has 0 bridgehead atoms. The fraction of sp³-hybridized carbons (Fsp3) is 0.400. The molecule has 2 rings (SSSR count). The molecule has 1 atom stereocenters. The highest BCUT2D eigenvalue weighted by Crippen LogP contribution is 2.15. The number of aromatic amines is 1. The number of hydrogen-bond donors (Lipinski definition) is 2. The molecule has 8 heteroatoms. The maximum absolute atomic E-state index is 3.84. The van der Waals surface area contributed by atoms with E-state index in [0.717, 1.165) is 5.13 Å². The summed E-state index contributed by atoms with van der Waals surface area (Å²) >= 11 is 1.43. The Balaban J connectivity index is 2.04. The Labute approximate surface area is 77.6 Å². The first-order valence-corrected chi connectivity index (χ1v) is 4.50. The molecular formula is C5H7N7S. The molecule has 0 aliphatic heterocycles. The second-order valence-corrected chi connectivity index (χ2v) is 3.21. The van der Waals surface area contributed by atoms with Gasteiger partial charge in [-0.05, 0) is 6.92 Å². The van der Waals surface area contributed by atoms with Crippen LogP contribution in [0.15, 0.2) is 5.51 Å². The summed E-state index contributed by atoms with van der Waals surface area (Å²) in [5.74, 6) is 0.607. The van der Waals surface area contributed by atoms with Crippen molar-refractivity contribution in [3.63, 3.8) is 0 Å². The average molecular weight is 197 g/mol. The topological polar surface area (TPSA) is 92.3 Å². The summed E-state index contributed by atoms with van der Waals surface area (Å²) in [4.78, 5) is 0. The van der Waals surface area contributed by atoms with E-state index in [-0.39, 0.29) is 6.04 Å². The van der Waals surface area contributed by atoms with Gasteiger partial charge < -0.3 is 5.32 Å². The Morgan fingerprint density at radius 2 is 2.46 bits per heavy atom. The van der Waals surface area contributed by atoms with Crippen molar-refractivity contribution in [2.45, 2.75) is 13.0 Å². The van der Waals surface area contributed by atoms with Crippen molar-refractivity contribution in [2.75, 3.05) is 5.32 Å². The molecule has 0 saturated carbocycles. The van der Waals surface area contributed by atoms with Crippen LogP contribution in [0.1, 0.15) is 18.8 Å². The van der Waals surface area contributed by atoms with Gasteiger partial charge in [-0.15, -0.1) is 20.4 Å². The summed E-state index contributed by atoms with van der Waals surface area (Å²) < 4.78 is 0. The number of aromatic nitrogens is 6. The molecule has 0 aliphatic carbocycles. The van der Waals surface area contributed by atoms with E-state index in [9.17, 15) is 0 Å². The third kappa shape index (κ3) is 1.78. The minimum Gasteiger partial charge on any atom is -0.350 e. The van der Waals surface area contributed by atoms with E-state index in [4.69, 9.17) is 0 Å². The molecule has 2 heterocycles. The molecule has 1 unspecified atom stereocenters. The van der Waals surface area contributed by atoms with Crippen LogP contribution in [0.4, 0.5) is 5.13 Å². The van der Waals surface area contributed by atoms with Gasteiger partial charge in [0.25, 0.3) is 0 Å². The molecule has 68 valence electrons. The molecule has 0 spiro atoms. The highest BCUT2D eigenvalue weighted by atomic mass is 32.1. The number of nitrogens with zero attached hydrogens (tertiary/aromatic N) is 5. The lowest BCUT2D eigenvalue weighted by Gasteiger charge is -2.06. The Hall–Kier alpha value is -1.57. The second kappa shape index (κ2) is 3.44. The van der Waals surface area contributed by atoms with Gasteiger partial charge in [0.2, 0.25) is 5.13 Å². The zero-order valence-corrected chi connectivity index (χ0v) is 7.62. The first-order chi connectivity index (χ1) is 6.36. The van der Waals surface area contributed by atoms with Crippen molar-refractivity contribution in [1.29, 1.82) is 0 Å². The normalized spacial score (nSPS) is 12.7. The van der Waals surface area contributed by atoms with Crippen molar-refractivity contribution in [3.8, 4) is 0 Å². The van der Waals surface area contributed by atoms with E-state index in [2.05, 4.69) is 36.1 Å². The van der Waals surface area contributed by atoms with Crippen molar-refractivity contribution >= 4 is 16.5 Å². The van der Waals surface area contributed by atoms with Crippen molar-refractivity contribution < 1.29 is 0 Å². The smallest absolute Gasteiger partial charge is 0.205 e. The van der Waals surface area contributed by atoms with Gasteiger partial charge in [-0.25, -0.2) is 0 Å². The van der Waals surface area contributed by atoms with Crippen LogP contribution in [0.3, 0.4) is 0 Å². The van der Waals surface area contributed by atoms with E-state index in [1.807, 2.05) is 6.92 Å². The monoisotopic (exact) mass is 197 g/mol. The molecule has 0 aromatic carbocycles. The van der Waals surface area contributed by atoms with Crippen LogP contribution in [0.25, 0.3) is 0 Å². The van der Waals surface area contributed by atoms with Gasteiger partial charge in [0.05, 0.1) is 6.04 Å². The maximum atomic E-state index is 3.84.